The number of carbonyl (C=O) groups is 4. The second kappa shape index (κ2) is 8.94. The largest absolute Gasteiger partial charge is 0.497 e. The minimum atomic E-state index is -0.653. The number of ketones is 1. The summed E-state index contributed by atoms with van der Waals surface area (Å²) in [4.78, 5) is 51.4. The van der Waals surface area contributed by atoms with Crippen LogP contribution in [0.3, 0.4) is 0 Å². The van der Waals surface area contributed by atoms with Gasteiger partial charge in [-0.25, -0.2) is 4.79 Å². The Hall–Kier alpha value is -3.48. The van der Waals surface area contributed by atoms with Crippen molar-refractivity contribution in [2.45, 2.75) is 26.2 Å². The van der Waals surface area contributed by atoms with Gasteiger partial charge in [0.25, 0.3) is 0 Å². The zero-order valence-electron chi connectivity index (χ0n) is 18.1. The lowest BCUT2D eigenvalue weighted by molar-refractivity contribution is -0.122. The minimum absolute atomic E-state index is 0.160. The molecule has 4 rings (SSSR count). The molecule has 0 N–H and O–H groups in total. The molecular formula is C25H25NO6. The molecule has 1 aliphatic carbocycles. The minimum Gasteiger partial charge on any atom is -0.497 e. The molecule has 1 saturated carbocycles. The molecule has 7 nitrogen and oxygen atoms in total. The summed E-state index contributed by atoms with van der Waals surface area (Å²) < 4.78 is 10.2. The zero-order valence-corrected chi connectivity index (χ0v) is 18.1. The summed E-state index contributed by atoms with van der Waals surface area (Å²) in [6.45, 7) is 1.72. The summed E-state index contributed by atoms with van der Waals surface area (Å²) in [5, 5.41) is 0. The predicted octanol–water partition coefficient (Wildman–Crippen LogP) is 3.66. The summed E-state index contributed by atoms with van der Waals surface area (Å²) in [6.07, 6.45) is 2.42. The fraction of sp³-hybridized carbons (Fsp3) is 0.360. The molecule has 2 amide bonds. The van der Waals surface area contributed by atoms with Gasteiger partial charge in [0.05, 0.1) is 30.2 Å². The molecule has 32 heavy (non-hydrogen) atoms. The smallest absolute Gasteiger partial charge is 0.338 e. The van der Waals surface area contributed by atoms with Crippen LogP contribution in [0.1, 0.15) is 46.9 Å². The van der Waals surface area contributed by atoms with Crippen molar-refractivity contribution in [2.24, 2.45) is 17.8 Å². The van der Waals surface area contributed by atoms with E-state index in [4.69, 9.17) is 9.47 Å². The average Bonchev–Trinajstić information content (AvgIpc) is 3.06. The van der Waals surface area contributed by atoms with E-state index in [-0.39, 0.29) is 35.0 Å². The Morgan fingerprint density at radius 2 is 1.53 bits per heavy atom. The van der Waals surface area contributed by atoms with Crippen molar-refractivity contribution in [1.29, 1.82) is 0 Å². The summed E-state index contributed by atoms with van der Waals surface area (Å²) in [6, 6.07) is 12.7. The summed E-state index contributed by atoms with van der Waals surface area (Å²) in [7, 11) is 1.53. The number of nitrogens with zero attached hydrogens (tertiary/aromatic N) is 1. The van der Waals surface area contributed by atoms with E-state index in [1.54, 1.807) is 36.4 Å². The lowest BCUT2D eigenvalue weighted by Gasteiger charge is -2.25. The van der Waals surface area contributed by atoms with Gasteiger partial charge in [-0.2, -0.15) is 0 Å². The molecule has 1 saturated heterocycles. The van der Waals surface area contributed by atoms with E-state index >= 15 is 0 Å². The first-order valence-corrected chi connectivity index (χ1v) is 10.7. The molecular weight excluding hydrogens is 410 g/mol. The number of Topliss-reactive ketones (excluding diaryl/α,β-unsaturated/α-hetero) is 1. The van der Waals surface area contributed by atoms with Gasteiger partial charge in [-0.15, -0.1) is 0 Å². The van der Waals surface area contributed by atoms with Crippen molar-refractivity contribution in [3.05, 3.63) is 59.7 Å². The molecule has 0 bridgehead atoms. The van der Waals surface area contributed by atoms with Crippen LogP contribution in [0.15, 0.2) is 48.5 Å². The summed E-state index contributed by atoms with van der Waals surface area (Å²) in [5.74, 6) is -0.734. The molecule has 0 unspecified atom stereocenters. The Bertz CT molecular complexity index is 1040. The first kappa shape index (κ1) is 21.7. The third-order valence-corrected chi connectivity index (χ3v) is 6.30. The Labute approximate surface area is 186 Å². The first-order chi connectivity index (χ1) is 15.4. The monoisotopic (exact) mass is 435 g/mol. The number of benzene rings is 2. The predicted molar refractivity (Wildman–Crippen MR) is 117 cm³/mol. The molecule has 2 fully saturated rings. The van der Waals surface area contributed by atoms with E-state index in [1.807, 2.05) is 0 Å². The highest BCUT2D eigenvalue weighted by atomic mass is 16.5. The maximum atomic E-state index is 12.8. The average molecular weight is 435 g/mol. The molecule has 0 aromatic heterocycles. The maximum Gasteiger partial charge on any atom is 0.338 e. The lowest BCUT2D eigenvalue weighted by atomic mass is 9.76. The molecule has 0 radical (unpaired) electrons. The SMILES string of the molecule is COc1ccc(C(=O)COC(=O)c2ccc(N3C(=O)[C@H]4CC[C@H](C)C[C@H]4C3=O)cc2)cc1. The highest BCUT2D eigenvalue weighted by Crippen LogP contribution is 2.42. The van der Waals surface area contributed by atoms with Crippen molar-refractivity contribution >= 4 is 29.3 Å². The van der Waals surface area contributed by atoms with Crippen LogP contribution in [0.5, 0.6) is 5.75 Å². The van der Waals surface area contributed by atoms with Gasteiger partial charge in [0.1, 0.15) is 5.75 Å². The quantitative estimate of drug-likeness (QED) is 0.391. The number of anilines is 1. The summed E-state index contributed by atoms with van der Waals surface area (Å²) in [5.41, 5.74) is 1.10. The zero-order chi connectivity index (χ0) is 22.8. The molecule has 1 heterocycles. The van der Waals surface area contributed by atoms with E-state index in [0.717, 1.165) is 19.3 Å². The highest BCUT2D eigenvalue weighted by molar-refractivity contribution is 6.22. The fourth-order valence-electron chi connectivity index (χ4n) is 4.47. The lowest BCUT2D eigenvalue weighted by Crippen LogP contribution is -2.30. The molecule has 1 aliphatic heterocycles. The van der Waals surface area contributed by atoms with Crippen LogP contribution in [0, 0.1) is 17.8 Å². The van der Waals surface area contributed by atoms with Crippen LogP contribution in [-0.2, 0) is 14.3 Å². The first-order valence-electron chi connectivity index (χ1n) is 10.7. The second-order valence-corrected chi connectivity index (χ2v) is 8.42. The van der Waals surface area contributed by atoms with Crippen molar-refractivity contribution in [1.82, 2.24) is 0 Å². The highest BCUT2D eigenvalue weighted by Gasteiger charge is 2.49. The van der Waals surface area contributed by atoms with Crippen molar-refractivity contribution < 1.29 is 28.7 Å². The van der Waals surface area contributed by atoms with E-state index < -0.39 is 12.6 Å². The van der Waals surface area contributed by atoms with E-state index in [9.17, 15) is 19.2 Å². The van der Waals surface area contributed by atoms with Crippen LogP contribution in [0.4, 0.5) is 5.69 Å². The second-order valence-electron chi connectivity index (χ2n) is 8.42. The van der Waals surface area contributed by atoms with Crippen molar-refractivity contribution in [2.75, 3.05) is 18.6 Å². The molecule has 2 aromatic carbocycles. The summed E-state index contributed by atoms with van der Waals surface area (Å²) >= 11 is 0. The van der Waals surface area contributed by atoms with Gasteiger partial charge in [-0.1, -0.05) is 6.92 Å². The van der Waals surface area contributed by atoms with Gasteiger partial charge in [0.2, 0.25) is 11.8 Å². The van der Waals surface area contributed by atoms with Gasteiger partial charge in [0, 0.05) is 5.56 Å². The topological polar surface area (TPSA) is 90.0 Å². The Morgan fingerprint density at radius 1 is 0.906 bits per heavy atom. The van der Waals surface area contributed by atoms with Gasteiger partial charge in [-0.05, 0) is 73.7 Å². The Balaban J connectivity index is 1.39. The third-order valence-electron chi connectivity index (χ3n) is 6.30. The molecule has 166 valence electrons. The molecule has 2 aromatic rings. The normalized spacial score (nSPS) is 22.4. The number of carbonyl (C=O) groups excluding carboxylic acids is 4. The van der Waals surface area contributed by atoms with Gasteiger partial charge in [-0.3, -0.25) is 19.3 Å². The van der Waals surface area contributed by atoms with E-state index in [1.165, 1.54) is 24.1 Å². The number of ether oxygens (including phenoxy) is 2. The van der Waals surface area contributed by atoms with Crippen LogP contribution >= 0.6 is 0 Å². The fourth-order valence-corrected chi connectivity index (χ4v) is 4.47. The van der Waals surface area contributed by atoms with Crippen LogP contribution in [-0.4, -0.2) is 37.3 Å². The van der Waals surface area contributed by atoms with Crippen LogP contribution < -0.4 is 9.64 Å². The number of amides is 2. The Morgan fingerprint density at radius 3 is 2.19 bits per heavy atom. The molecule has 7 heteroatoms. The van der Waals surface area contributed by atoms with Crippen LogP contribution in [0.2, 0.25) is 0 Å². The number of hydrogen-bond donors (Lipinski definition) is 0. The van der Waals surface area contributed by atoms with Crippen molar-refractivity contribution in [3.63, 3.8) is 0 Å². The number of hydrogen-bond acceptors (Lipinski definition) is 6. The van der Waals surface area contributed by atoms with E-state index in [0.29, 0.717) is 22.9 Å². The van der Waals surface area contributed by atoms with Gasteiger partial charge >= 0.3 is 5.97 Å². The number of esters is 1. The number of fused-ring (bicyclic) bond motifs is 1. The molecule has 3 atom stereocenters. The molecule has 2 aliphatic rings. The van der Waals surface area contributed by atoms with Gasteiger partial charge in [0.15, 0.2) is 12.4 Å². The third kappa shape index (κ3) is 4.15. The number of methoxy groups -OCH3 is 1. The van der Waals surface area contributed by atoms with E-state index in [2.05, 4.69) is 6.92 Å². The standard InChI is InChI=1S/C25H25NO6/c1-15-3-12-20-21(13-15)24(29)26(23(20)28)18-8-4-17(5-9-18)25(30)32-14-22(27)16-6-10-19(31-2)11-7-16/h4-11,15,20-21H,3,12-14H2,1-2H3/t15-,20-,21+/m0/s1. The van der Waals surface area contributed by atoms with Crippen LogP contribution in [0.25, 0.3) is 0 Å². The van der Waals surface area contributed by atoms with Gasteiger partial charge < -0.3 is 9.47 Å². The van der Waals surface area contributed by atoms with Crippen molar-refractivity contribution in [3.8, 4) is 5.75 Å². The number of rotatable bonds is 6. The molecule has 0 spiro atoms. The number of imide groups is 1. The maximum absolute atomic E-state index is 12.8. The Kier molecular flexibility index (Phi) is 6.08.